The molecule has 0 rings (SSSR count). The molecular formula is C11H20N2O7S. The second-order valence-electron chi connectivity index (χ2n) is 4.31. The number of carboxylic acid groups (broad SMARTS) is 2. The standard InChI is InChI=1S/C11H20N2O7S/c1-2-21(19,20)7-6-12-11(18)13-8(10(16)17)4-3-5-9(14)15/h8H,2-7H2,1H3,(H,14,15)(H,16,17)(H2,12,13,18)/t8-/m1/s1. The molecule has 10 heteroatoms. The van der Waals surface area contributed by atoms with E-state index in [1.54, 1.807) is 0 Å². The fraction of sp³-hybridized carbons (Fsp3) is 0.727. The molecule has 4 N–H and O–H groups in total. The summed E-state index contributed by atoms with van der Waals surface area (Å²) in [5, 5.41) is 21.8. The van der Waals surface area contributed by atoms with E-state index in [2.05, 4.69) is 10.6 Å². The van der Waals surface area contributed by atoms with Gasteiger partial charge in [-0.15, -0.1) is 0 Å². The summed E-state index contributed by atoms with van der Waals surface area (Å²) in [6.07, 6.45) is -0.110. The van der Waals surface area contributed by atoms with Gasteiger partial charge in [0.15, 0.2) is 9.84 Å². The van der Waals surface area contributed by atoms with E-state index < -0.39 is 33.8 Å². The van der Waals surface area contributed by atoms with E-state index in [-0.39, 0.29) is 37.3 Å². The molecule has 0 unspecified atom stereocenters. The number of carbonyl (C=O) groups is 3. The highest BCUT2D eigenvalue weighted by molar-refractivity contribution is 7.91. The predicted octanol–water partition coefficient (Wildman–Crippen LogP) is -0.572. The van der Waals surface area contributed by atoms with Crippen molar-refractivity contribution in [1.29, 1.82) is 0 Å². The molecule has 0 aromatic rings. The van der Waals surface area contributed by atoms with Gasteiger partial charge in [-0.25, -0.2) is 18.0 Å². The summed E-state index contributed by atoms with van der Waals surface area (Å²) in [5.74, 6) is -2.60. The first kappa shape index (κ1) is 19.2. The van der Waals surface area contributed by atoms with Crippen LogP contribution in [0.3, 0.4) is 0 Å². The molecule has 0 aromatic heterocycles. The number of hydrogen-bond donors (Lipinski definition) is 4. The van der Waals surface area contributed by atoms with Crippen molar-refractivity contribution >= 4 is 27.8 Å². The Labute approximate surface area is 122 Å². The third-order valence-corrected chi connectivity index (χ3v) is 4.33. The molecule has 0 radical (unpaired) electrons. The van der Waals surface area contributed by atoms with Crippen LogP contribution >= 0.6 is 0 Å². The van der Waals surface area contributed by atoms with Gasteiger partial charge in [0.2, 0.25) is 0 Å². The van der Waals surface area contributed by atoms with Crippen molar-refractivity contribution in [2.45, 2.75) is 32.2 Å². The van der Waals surface area contributed by atoms with E-state index in [1.165, 1.54) is 6.92 Å². The Bertz CT molecular complexity index is 475. The van der Waals surface area contributed by atoms with E-state index in [0.29, 0.717) is 0 Å². The summed E-state index contributed by atoms with van der Waals surface area (Å²) in [5.41, 5.74) is 0. The number of hydrogen-bond acceptors (Lipinski definition) is 5. The molecule has 2 amide bonds. The summed E-state index contributed by atoms with van der Waals surface area (Å²) in [6, 6.07) is -2.02. The van der Waals surface area contributed by atoms with E-state index >= 15 is 0 Å². The molecule has 21 heavy (non-hydrogen) atoms. The lowest BCUT2D eigenvalue weighted by Gasteiger charge is -2.14. The normalized spacial score (nSPS) is 12.4. The zero-order valence-electron chi connectivity index (χ0n) is 11.7. The smallest absolute Gasteiger partial charge is 0.326 e. The van der Waals surface area contributed by atoms with Crippen LogP contribution in [0.4, 0.5) is 4.79 Å². The summed E-state index contributed by atoms with van der Waals surface area (Å²) < 4.78 is 22.4. The lowest BCUT2D eigenvalue weighted by atomic mass is 10.1. The molecule has 0 aliphatic carbocycles. The van der Waals surface area contributed by atoms with Crippen molar-refractivity contribution in [2.75, 3.05) is 18.1 Å². The first-order valence-corrected chi connectivity index (χ1v) is 8.19. The lowest BCUT2D eigenvalue weighted by molar-refractivity contribution is -0.140. The number of rotatable bonds is 10. The number of sulfone groups is 1. The van der Waals surface area contributed by atoms with Gasteiger partial charge in [-0.3, -0.25) is 4.79 Å². The summed E-state index contributed by atoms with van der Waals surface area (Å²) in [4.78, 5) is 32.7. The van der Waals surface area contributed by atoms with Gasteiger partial charge in [0.25, 0.3) is 0 Å². The average Bonchev–Trinajstić information content (AvgIpc) is 2.36. The number of carbonyl (C=O) groups excluding carboxylic acids is 1. The highest BCUT2D eigenvalue weighted by atomic mass is 32.2. The molecule has 0 aliphatic heterocycles. The van der Waals surface area contributed by atoms with E-state index in [4.69, 9.17) is 10.2 Å². The molecule has 0 heterocycles. The SMILES string of the molecule is CCS(=O)(=O)CCNC(=O)N[C@H](CCCC(=O)O)C(=O)O. The van der Waals surface area contributed by atoms with Gasteiger partial charge in [0, 0.05) is 18.7 Å². The van der Waals surface area contributed by atoms with Crippen LogP contribution in [-0.2, 0) is 19.4 Å². The van der Waals surface area contributed by atoms with Gasteiger partial charge < -0.3 is 20.8 Å². The van der Waals surface area contributed by atoms with Crippen LogP contribution in [0, 0.1) is 0 Å². The number of nitrogens with one attached hydrogen (secondary N) is 2. The second-order valence-corrected chi connectivity index (χ2v) is 6.79. The largest absolute Gasteiger partial charge is 0.481 e. The Hall–Kier alpha value is -1.84. The molecule has 0 saturated carbocycles. The van der Waals surface area contributed by atoms with Gasteiger partial charge >= 0.3 is 18.0 Å². The third kappa shape index (κ3) is 9.66. The van der Waals surface area contributed by atoms with E-state index in [9.17, 15) is 22.8 Å². The van der Waals surface area contributed by atoms with Crippen molar-refractivity contribution in [3.8, 4) is 0 Å². The van der Waals surface area contributed by atoms with Crippen molar-refractivity contribution in [3.05, 3.63) is 0 Å². The average molecular weight is 324 g/mol. The van der Waals surface area contributed by atoms with Crippen LogP contribution in [0.15, 0.2) is 0 Å². The second kappa shape index (κ2) is 9.16. The van der Waals surface area contributed by atoms with Gasteiger partial charge in [0.05, 0.1) is 5.75 Å². The Morgan fingerprint density at radius 1 is 1.19 bits per heavy atom. The molecule has 1 atom stereocenters. The maximum atomic E-state index is 11.4. The topological polar surface area (TPSA) is 150 Å². The maximum Gasteiger partial charge on any atom is 0.326 e. The molecule has 0 saturated heterocycles. The molecule has 0 aliphatic rings. The number of urea groups is 1. The Morgan fingerprint density at radius 3 is 2.29 bits per heavy atom. The lowest BCUT2D eigenvalue weighted by Crippen LogP contribution is -2.47. The Kier molecular flexibility index (Phi) is 8.36. The molecule has 0 fully saturated rings. The van der Waals surface area contributed by atoms with Crippen molar-refractivity contribution in [1.82, 2.24) is 10.6 Å². The number of carboxylic acids is 2. The van der Waals surface area contributed by atoms with Gasteiger partial charge in [-0.1, -0.05) is 6.92 Å². The van der Waals surface area contributed by atoms with Gasteiger partial charge in [0.1, 0.15) is 6.04 Å². The minimum atomic E-state index is -3.21. The molecule has 0 spiro atoms. The van der Waals surface area contributed by atoms with Gasteiger partial charge in [-0.05, 0) is 12.8 Å². The van der Waals surface area contributed by atoms with Crippen LogP contribution in [0.1, 0.15) is 26.2 Å². The molecule has 9 nitrogen and oxygen atoms in total. The predicted molar refractivity (Wildman–Crippen MR) is 73.8 cm³/mol. The minimum absolute atomic E-state index is 0.0255. The van der Waals surface area contributed by atoms with Crippen molar-refractivity contribution < 1.29 is 33.0 Å². The molecule has 0 aromatic carbocycles. The van der Waals surface area contributed by atoms with Crippen molar-refractivity contribution in [3.63, 3.8) is 0 Å². The Balaban J connectivity index is 4.17. The monoisotopic (exact) mass is 324 g/mol. The summed E-state index contributed by atoms with van der Waals surface area (Å²) >= 11 is 0. The first-order valence-electron chi connectivity index (χ1n) is 6.37. The molecule has 0 bridgehead atoms. The fourth-order valence-electron chi connectivity index (χ4n) is 1.39. The van der Waals surface area contributed by atoms with Crippen LogP contribution in [-0.4, -0.2) is 60.7 Å². The van der Waals surface area contributed by atoms with E-state index in [1.807, 2.05) is 0 Å². The van der Waals surface area contributed by atoms with Crippen LogP contribution < -0.4 is 10.6 Å². The zero-order valence-corrected chi connectivity index (χ0v) is 12.5. The third-order valence-electron chi connectivity index (χ3n) is 2.63. The summed E-state index contributed by atoms with van der Waals surface area (Å²) in [6.45, 7) is 1.36. The zero-order chi connectivity index (χ0) is 16.5. The van der Waals surface area contributed by atoms with E-state index in [0.717, 1.165) is 0 Å². The molecule has 122 valence electrons. The Morgan fingerprint density at radius 2 is 1.81 bits per heavy atom. The number of aliphatic carboxylic acids is 2. The van der Waals surface area contributed by atoms with Crippen LogP contribution in [0.5, 0.6) is 0 Å². The fourth-order valence-corrected chi connectivity index (χ4v) is 2.09. The molecular weight excluding hydrogens is 304 g/mol. The quantitative estimate of drug-likeness (QED) is 0.420. The van der Waals surface area contributed by atoms with Crippen LogP contribution in [0.25, 0.3) is 0 Å². The summed E-state index contributed by atoms with van der Waals surface area (Å²) in [7, 11) is -3.21. The highest BCUT2D eigenvalue weighted by Crippen LogP contribution is 2.01. The maximum absolute atomic E-state index is 11.4. The van der Waals surface area contributed by atoms with Crippen LogP contribution in [0.2, 0.25) is 0 Å². The van der Waals surface area contributed by atoms with Gasteiger partial charge in [-0.2, -0.15) is 0 Å². The highest BCUT2D eigenvalue weighted by Gasteiger charge is 2.20. The van der Waals surface area contributed by atoms with Crippen molar-refractivity contribution in [2.24, 2.45) is 0 Å². The number of amides is 2. The first-order chi connectivity index (χ1) is 9.68. The minimum Gasteiger partial charge on any atom is -0.481 e.